The molecule has 1 aliphatic heterocycles. The van der Waals surface area contributed by atoms with E-state index < -0.39 is 22.2 Å². The number of nitrogens with zero attached hydrogens (tertiary/aromatic N) is 1. The quantitative estimate of drug-likeness (QED) is 0.754. The largest absolute Gasteiger partial charge is 0.353 e. The van der Waals surface area contributed by atoms with Crippen molar-refractivity contribution in [2.24, 2.45) is 0 Å². The molecular formula is C12H15NO4S2. The number of hydrogen-bond donors (Lipinski definition) is 0. The van der Waals surface area contributed by atoms with Crippen LogP contribution in [0.2, 0.25) is 0 Å². The number of thiophene rings is 1. The summed E-state index contributed by atoms with van der Waals surface area (Å²) in [6.07, 6.45) is 3.66. The van der Waals surface area contributed by atoms with Gasteiger partial charge in [0.25, 0.3) is 15.9 Å². The minimum atomic E-state index is -3.82. The molecule has 1 aromatic rings. The number of carbonyl (C=O) groups is 1. The highest BCUT2D eigenvalue weighted by atomic mass is 32.2. The van der Waals surface area contributed by atoms with Crippen LogP contribution in [0.5, 0.6) is 0 Å². The van der Waals surface area contributed by atoms with Gasteiger partial charge >= 0.3 is 0 Å². The summed E-state index contributed by atoms with van der Waals surface area (Å²) in [6.45, 7) is 2.44. The summed E-state index contributed by atoms with van der Waals surface area (Å²) < 4.78 is 31.1. The molecule has 0 spiro atoms. The Morgan fingerprint density at radius 2 is 2.26 bits per heavy atom. The molecule has 0 saturated heterocycles. The Balaban J connectivity index is 2.19. The molecular weight excluding hydrogens is 286 g/mol. The predicted octanol–water partition coefficient (Wildman–Crippen LogP) is 1.98. The Bertz CT molecular complexity index is 563. The maximum atomic E-state index is 12.3. The lowest BCUT2D eigenvalue weighted by atomic mass is 10.4. The van der Waals surface area contributed by atoms with Crippen LogP contribution in [0.15, 0.2) is 33.9 Å². The summed E-state index contributed by atoms with van der Waals surface area (Å²) in [4.78, 5) is 11.7. The van der Waals surface area contributed by atoms with Gasteiger partial charge in [0.15, 0.2) is 6.23 Å². The second kappa shape index (κ2) is 5.85. The van der Waals surface area contributed by atoms with E-state index in [2.05, 4.69) is 0 Å². The second-order valence-electron chi connectivity index (χ2n) is 4.05. The fourth-order valence-electron chi connectivity index (χ4n) is 1.68. The van der Waals surface area contributed by atoms with Crippen LogP contribution >= 0.6 is 11.3 Å². The van der Waals surface area contributed by atoms with E-state index in [4.69, 9.17) is 4.74 Å². The Labute approximate surface area is 116 Å². The fraction of sp³-hybridized carbons (Fsp3) is 0.417. The molecule has 19 heavy (non-hydrogen) atoms. The van der Waals surface area contributed by atoms with Crippen LogP contribution in [0.1, 0.15) is 19.8 Å². The first-order chi connectivity index (χ1) is 9.07. The van der Waals surface area contributed by atoms with Crippen molar-refractivity contribution in [2.45, 2.75) is 30.2 Å². The van der Waals surface area contributed by atoms with Crippen molar-refractivity contribution < 1.29 is 17.9 Å². The number of hydrogen-bond acceptors (Lipinski definition) is 5. The number of unbranched alkanes of at least 4 members (excludes halogenated alkanes) is 1. The molecule has 1 aliphatic rings. The van der Waals surface area contributed by atoms with Gasteiger partial charge in [0.05, 0.1) is 0 Å². The molecule has 0 aliphatic carbocycles. The van der Waals surface area contributed by atoms with Crippen molar-refractivity contribution in [3.05, 3.63) is 29.7 Å². The van der Waals surface area contributed by atoms with Gasteiger partial charge in [-0.25, -0.2) is 0 Å². The van der Waals surface area contributed by atoms with E-state index in [1.54, 1.807) is 11.4 Å². The van der Waals surface area contributed by atoms with Crippen molar-refractivity contribution in [1.29, 1.82) is 0 Å². The molecule has 0 radical (unpaired) electrons. The zero-order chi connectivity index (χ0) is 13.9. The molecule has 0 saturated carbocycles. The van der Waals surface area contributed by atoms with Crippen LogP contribution in [0.4, 0.5) is 0 Å². The Kier molecular flexibility index (Phi) is 4.38. The molecule has 0 N–H and O–H groups in total. The van der Waals surface area contributed by atoms with E-state index in [1.807, 2.05) is 6.92 Å². The second-order valence-corrected chi connectivity index (χ2v) is 7.03. The van der Waals surface area contributed by atoms with Gasteiger partial charge in [-0.2, -0.15) is 12.7 Å². The maximum absolute atomic E-state index is 12.3. The summed E-state index contributed by atoms with van der Waals surface area (Å²) >= 11 is 1.08. The number of ether oxygens (including phenoxy) is 1. The van der Waals surface area contributed by atoms with Crippen molar-refractivity contribution in [1.82, 2.24) is 4.31 Å². The minimum absolute atomic E-state index is 0.147. The minimum Gasteiger partial charge on any atom is -0.353 e. The zero-order valence-electron chi connectivity index (χ0n) is 10.5. The molecule has 1 amide bonds. The van der Waals surface area contributed by atoms with Crippen molar-refractivity contribution in [3.63, 3.8) is 0 Å². The van der Waals surface area contributed by atoms with Crippen LogP contribution in [0.25, 0.3) is 0 Å². The molecule has 1 aromatic heterocycles. The van der Waals surface area contributed by atoms with E-state index >= 15 is 0 Å². The van der Waals surface area contributed by atoms with Gasteiger partial charge in [0.2, 0.25) is 0 Å². The lowest BCUT2D eigenvalue weighted by Gasteiger charge is -2.23. The Hall–Kier alpha value is -1.18. The first-order valence-corrected chi connectivity index (χ1v) is 8.31. The highest BCUT2D eigenvalue weighted by molar-refractivity contribution is 7.91. The van der Waals surface area contributed by atoms with Crippen molar-refractivity contribution in [3.8, 4) is 0 Å². The molecule has 104 valence electrons. The highest BCUT2D eigenvalue weighted by Crippen LogP contribution is 2.26. The number of sulfonamides is 1. The lowest BCUT2D eigenvalue weighted by molar-refractivity contribution is -0.126. The predicted molar refractivity (Wildman–Crippen MR) is 72.1 cm³/mol. The van der Waals surface area contributed by atoms with Crippen molar-refractivity contribution >= 4 is 27.3 Å². The lowest BCUT2D eigenvalue weighted by Crippen LogP contribution is -2.40. The van der Waals surface area contributed by atoms with Crippen molar-refractivity contribution in [2.75, 3.05) is 6.61 Å². The average molecular weight is 301 g/mol. The average Bonchev–Trinajstić information content (AvgIpc) is 2.99. The van der Waals surface area contributed by atoms with Crippen LogP contribution in [0, 0.1) is 0 Å². The molecule has 1 unspecified atom stereocenters. The summed E-state index contributed by atoms with van der Waals surface area (Å²) in [5.41, 5.74) is 0. The SMILES string of the molecule is CCCCOC1C=CC(=O)N1S(=O)(=O)c1cccs1. The summed E-state index contributed by atoms with van der Waals surface area (Å²) in [6, 6.07) is 3.12. The fourth-order valence-corrected chi connectivity index (χ4v) is 4.16. The third kappa shape index (κ3) is 2.88. The standard InChI is InChI=1S/C12H15NO4S2/c1-2-3-8-17-11-7-6-10(14)13(11)19(15,16)12-5-4-9-18-12/h4-7,9,11H,2-3,8H2,1H3. The molecule has 2 heterocycles. The van der Waals surface area contributed by atoms with Gasteiger partial charge in [-0.3, -0.25) is 4.79 Å². The molecule has 7 heteroatoms. The monoisotopic (exact) mass is 301 g/mol. The van der Waals surface area contributed by atoms with Gasteiger partial charge in [-0.15, -0.1) is 11.3 Å². The van der Waals surface area contributed by atoms with Gasteiger partial charge < -0.3 is 4.74 Å². The van der Waals surface area contributed by atoms with Gasteiger partial charge in [0, 0.05) is 12.7 Å². The van der Waals surface area contributed by atoms with Crippen LogP contribution in [0.3, 0.4) is 0 Å². The first kappa shape index (κ1) is 14.2. The number of carbonyl (C=O) groups excluding carboxylic acids is 1. The number of rotatable bonds is 6. The summed E-state index contributed by atoms with van der Waals surface area (Å²) in [5, 5.41) is 1.66. The van der Waals surface area contributed by atoms with Gasteiger partial charge in [-0.1, -0.05) is 19.4 Å². The normalized spacial score (nSPS) is 19.3. The molecule has 2 rings (SSSR count). The summed E-state index contributed by atoms with van der Waals surface area (Å²) in [7, 11) is -3.82. The van der Waals surface area contributed by atoms with E-state index in [1.165, 1.54) is 18.2 Å². The highest BCUT2D eigenvalue weighted by Gasteiger charge is 2.38. The molecule has 5 nitrogen and oxygen atoms in total. The van der Waals surface area contributed by atoms with E-state index in [0.29, 0.717) is 6.61 Å². The zero-order valence-corrected chi connectivity index (χ0v) is 12.1. The Morgan fingerprint density at radius 1 is 1.47 bits per heavy atom. The van der Waals surface area contributed by atoms with Gasteiger partial charge in [-0.05, 0) is 23.9 Å². The summed E-state index contributed by atoms with van der Waals surface area (Å²) in [5.74, 6) is -0.560. The van der Waals surface area contributed by atoms with Gasteiger partial charge in [0.1, 0.15) is 4.21 Å². The topological polar surface area (TPSA) is 63.7 Å². The molecule has 0 fully saturated rings. The molecule has 0 aromatic carbocycles. The Morgan fingerprint density at radius 3 is 2.89 bits per heavy atom. The van der Waals surface area contributed by atoms with Crippen LogP contribution < -0.4 is 0 Å². The van der Waals surface area contributed by atoms with E-state index in [0.717, 1.165) is 28.5 Å². The smallest absolute Gasteiger partial charge is 0.278 e. The third-order valence-corrected chi connectivity index (χ3v) is 5.78. The van der Waals surface area contributed by atoms with E-state index in [9.17, 15) is 13.2 Å². The molecule has 1 atom stereocenters. The van der Waals surface area contributed by atoms with Crippen LogP contribution in [-0.4, -0.2) is 31.5 Å². The third-order valence-electron chi connectivity index (χ3n) is 2.65. The van der Waals surface area contributed by atoms with Crippen LogP contribution in [-0.2, 0) is 19.6 Å². The van der Waals surface area contributed by atoms with E-state index in [-0.39, 0.29) is 4.21 Å². The molecule has 0 bridgehead atoms. The number of amides is 1. The first-order valence-electron chi connectivity index (χ1n) is 5.99. The maximum Gasteiger partial charge on any atom is 0.278 e.